The standard InChI is InChI=1S/C16H28N2/c1-4-11-18(12-5-6-14(2)3)16-9-7-15(13-17)8-10-16/h7-10,14H,4-6,11-13,17H2,1-3H3. The molecule has 0 heterocycles. The van der Waals surface area contributed by atoms with Crippen molar-refractivity contribution < 1.29 is 0 Å². The maximum atomic E-state index is 5.63. The van der Waals surface area contributed by atoms with Crippen LogP contribution in [0.5, 0.6) is 0 Å². The molecule has 0 bridgehead atoms. The average molecular weight is 248 g/mol. The van der Waals surface area contributed by atoms with Gasteiger partial charge in [0.25, 0.3) is 0 Å². The van der Waals surface area contributed by atoms with Gasteiger partial charge >= 0.3 is 0 Å². The van der Waals surface area contributed by atoms with E-state index in [-0.39, 0.29) is 0 Å². The zero-order valence-electron chi connectivity index (χ0n) is 12.2. The van der Waals surface area contributed by atoms with Crippen LogP contribution in [0.4, 0.5) is 5.69 Å². The van der Waals surface area contributed by atoms with Crippen LogP contribution < -0.4 is 10.6 Å². The molecule has 1 aromatic rings. The lowest BCUT2D eigenvalue weighted by Crippen LogP contribution is -2.25. The van der Waals surface area contributed by atoms with Gasteiger partial charge in [0.15, 0.2) is 0 Å². The summed E-state index contributed by atoms with van der Waals surface area (Å²) in [5, 5.41) is 0. The highest BCUT2D eigenvalue weighted by molar-refractivity contribution is 5.47. The lowest BCUT2D eigenvalue weighted by molar-refractivity contribution is 0.548. The van der Waals surface area contributed by atoms with E-state index in [4.69, 9.17) is 5.73 Å². The van der Waals surface area contributed by atoms with Crippen molar-refractivity contribution in [2.24, 2.45) is 11.7 Å². The normalized spacial score (nSPS) is 10.9. The van der Waals surface area contributed by atoms with Crippen molar-refractivity contribution in [1.29, 1.82) is 0 Å². The van der Waals surface area contributed by atoms with E-state index in [2.05, 4.69) is 49.9 Å². The largest absolute Gasteiger partial charge is 0.372 e. The van der Waals surface area contributed by atoms with Gasteiger partial charge in [0.1, 0.15) is 0 Å². The van der Waals surface area contributed by atoms with Gasteiger partial charge in [-0.15, -0.1) is 0 Å². The molecular formula is C16H28N2. The molecule has 0 spiro atoms. The van der Waals surface area contributed by atoms with Crippen LogP contribution in [-0.4, -0.2) is 13.1 Å². The summed E-state index contributed by atoms with van der Waals surface area (Å²) < 4.78 is 0. The Labute approximate surface area is 112 Å². The highest BCUT2D eigenvalue weighted by Gasteiger charge is 2.05. The molecule has 0 radical (unpaired) electrons. The number of hydrogen-bond acceptors (Lipinski definition) is 2. The lowest BCUT2D eigenvalue weighted by atomic mass is 10.1. The van der Waals surface area contributed by atoms with Crippen LogP contribution in [0.2, 0.25) is 0 Å². The van der Waals surface area contributed by atoms with Gasteiger partial charge in [-0.05, 0) is 42.9 Å². The molecule has 2 nitrogen and oxygen atoms in total. The van der Waals surface area contributed by atoms with E-state index in [0.29, 0.717) is 6.54 Å². The molecule has 18 heavy (non-hydrogen) atoms. The summed E-state index contributed by atoms with van der Waals surface area (Å²) >= 11 is 0. The SMILES string of the molecule is CCCN(CCCC(C)C)c1ccc(CN)cc1. The molecule has 1 aromatic carbocycles. The minimum atomic E-state index is 0.626. The van der Waals surface area contributed by atoms with Gasteiger partial charge in [0.2, 0.25) is 0 Å². The fraction of sp³-hybridized carbons (Fsp3) is 0.625. The minimum Gasteiger partial charge on any atom is -0.372 e. The molecule has 0 saturated carbocycles. The van der Waals surface area contributed by atoms with E-state index in [1.165, 1.54) is 30.5 Å². The summed E-state index contributed by atoms with van der Waals surface area (Å²) in [7, 11) is 0. The topological polar surface area (TPSA) is 29.3 Å². The second kappa shape index (κ2) is 8.15. The maximum Gasteiger partial charge on any atom is 0.0366 e. The molecule has 1 rings (SSSR count). The van der Waals surface area contributed by atoms with E-state index in [1.54, 1.807) is 0 Å². The molecule has 0 aromatic heterocycles. The Morgan fingerprint density at radius 1 is 1.11 bits per heavy atom. The first-order chi connectivity index (χ1) is 8.67. The molecule has 0 amide bonds. The first-order valence-corrected chi connectivity index (χ1v) is 7.21. The zero-order valence-corrected chi connectivity index (χ0v) is 12.2. The second-order valence-electron chi connectivity index (χ2n) is 5.39. The predicted molar refractivity (Wildman–Crippen MR) is 80.9 cm³/mol. The Kier molecular flexibility index (Phi) is 6.81. The highest BCUT2D eigenvalue weighted by atomic mass is 15.1. The fourth-order valence-electron chi connectivity index (χ4n) is 2.17. The van der Waals surface area contributed by atoms with Crippen LogP contribution in [0.15, 0.2) is 24.3 Å². The average Bonchev–Trinajstić information content (AvgIpc) is 2.37. The fourth-order valence-corrected chi connectivity index (χ4v) is 2.17. The molecular weight excluding hydrogens is 220 g/mol. The van der Waals surface area contributed by atoms with Gasteiger partial charge < -0.3 is 10.6 Å². The third-order valence-corrected chi connectivity index (χ3v) is 3.24. The Morgan fingerprint density at radius 2 is 1.78 bits per heavy atom. The van der Waals surface area contributed by atoms with Crippen LogP contribution in [-0.2, 0) is 6.54 Å². The maximum absolute atomic E-state index is 5.63. The Balaban J connectivity index is 2.58. The third-order valence-electron chi connectivity index (χ3n) is 3.24. The van der Waals surface area contributed by atoms with E-state index in [1.807, 2.05) is 0 Å². The molecule has 0 saturated heterocycles. The van der Waals surface area contributed by atoms with Gasteiger partial charge in [-0.25, -0.2) is 0 Å². The van der Waals surface area contributed by atoms with Gasteiger partial charge in [-0.2, -0.15) is 0 Å². The number of nitrogens with zero attached hydrogens (tertiary/aromatic N) is 1. The molecule has 102 valence electrons. The summed E-state index contributed by atoms with van der Waals surface area (Å²) in [4.78, 5) is 2.49. The summed E-state index contributed by atoms with van der Waals surface area (Å²) in [6, 6.07) is 8.68. The smallest absolute Gasteiger partial charge is 0.0366 e. The molecule has 0 aliphatic rings. The first-order valence-electron chi connectivity index (χ1n) is 7.21. The van der Waals surface area contributed by atoms with Gasteiger partial charge in [-0.3, -0.25) is 0 Å². The summed E-state index contributed by atoms with van der Waals surface area (Å²) in [5.41, 5.74) is 8.17. The minimum absolute atomic E-state index is 0.626. The van der Waals surface area contributed by atoms with E-state index in [0.717, 1.165) is 19.0 Å². The van der Waals surface area contributed by atoms with Crippen LogP contribution >= 0.6 is 0 Å². The quantitative estimate of drug-likeness (QED) is 0.758. The molecule has 0 fully saturated rings. The monoisotopic (exact) mass is 248 g/mol. The first kappa shape index (κ1) is 15.0. The van der Waals surface area contributed by atoms with Crippen molar-refractivity contribution in [3.05, 3.63) is 29.8 Å². The van der Waals surface area contributed by atoms with E-state index in [9.17, 15) is 0 Å². The number of rotatable bonds is 8. The van der Waals surface area contributed by atoms with Crippen molar-refractivity contribution in [1.82, 2.24) is 0 Å². The Morgan fingerprint density at radius 3 is 2.28 bits per heavy atom. The number of nitrogens with two attached hydrogens (primary N) is 1. The lowest BCUT2D eigenvalue weighted by Gasteiger charge is -2.25. The van der Waals surface area contributed by atoms with Gasteiger partial charge in [0.05, 0.1) is 0 Å². The predicted octanol–water partition coefficient (Wildman–Crippen LogP) is 3.80. The Hall–Kier alpha value is -1.02. The molecule has 0 unspecified atom stereocenters. The highest BCUT2D eigenvalue weighted by Crippen LogP contribution is 2.17. The van der Waals surface area contributed by atoms with E-state index >= 15 is 0 Å². The van der Waals surface area contributed by atoms with Crippen LogP contribution in [0.25, 0.3) is 0 Å². The number of hydrogen-bond donors (Lipinski definition) is 1. The summed E-state index contributed by atoms with van der Waals surface area (Å²) in [6.45, 7) is 9.75. The third kappa shape index (κ3) is 5.09. The van der Waals surface area contributed by atoms with Gasteiger partial charge in [0, 0.05) is 25.3 Å². The van der Waals surface area contributed by atoms with Crippen LogP contribution in [0, 0.1) is 5.92 Å². The molecule has 0 aliphatic heterocycles. The van der Waals surface area contributed by atoms with Crippen molar-refractivity contribution in [2.75, 3.05) is 18.0 Å². The summed E-state index contributed by atoms with van der Waals surface area (Å²) in [5.74, 6) is 0.799. The molecule has 2 N–H and O–H groups in total. The number of benzene rings is 1. The van der Waals surface area contributed by atoms with Crippen LogP contribution in [0.1, 0.15) is 45.6 Å². The molecule has 0 aliphatic carbocycles. The zero-order chi connectivity index (χ0) is 13.4. The second-order valence-corrected chi connectivity index (χ2v) is 5.39. The number of anilines is 1. The Bertz CT molecular complexity index is 316. The van der Waals surface area contributed by atoms with E-state index < -0.39 is 0 Å². The van der Waals surface area contributed by atoms with Gasteiger partial charge in [-0.1, -0.05) is 32.9 Å². The van der Waals surface area contributed by atoms with Crippen molar-refractivity contribution in [2.45, 2.75) is 46.6 Å². The summed E-state index contributed by atoms with van der Waals surface area (Å²) in [6.07, 6.45) is 3.78. The molecule has 2 heteroatoms. The van der Waals surface area contributed by atoms with Crippen LogP contribution in [0.3, 0.4) is 0 Å². The van der Waals surface area contributed by atoms with Crippen molar-refractivity contribution in [3.63, 3.8) is 0 Å². The van der Waals surface area contributed by atoms with Crippen molar-refractivity contribution in [3.8, 4) is 0 Å². The molecule has 0 atom stereocenters. The van der Waals surface area contributed by atoms with Crippen molar-refractivity contribution >= 4 is 5.69 Å².